The van der Waals surface area contributed by atoms with Crippen LogP contribution in [0.25, 0.3) is 0 Å². The number of rotatable bonds is 3. The number of amidine groups is 1. The van der Waals surface area contributed by atoms with Crippen LogP contribution in [0, 0.1) is 5.92 Å². The van der Waals surface area contributed by atoms with Crippen molar-refractivity contribution in [3.05, 3.63) is 29.8 Å². The van der Waals surface area contributed by atoms with Crippen molar-refractivity contribution in [1.82, 2.24) is 10.2 Å². The smallest absolute Gasteiger partial charge is 0.285 e. The van der Waals surface area contributed by atoms with Gasteiger partial charge in [0.05, 0.1) is 5.54 Å². The molecule has 28 heavy (non-hydrogen) atoms. The van der Waals surface area contributed by atoms with Crippen molar-refractivity contribution in [2.24, 2.45) is 16.0 Å². The highest BCUT2D eigenvalue weighted by molar-refractivity contribution is 7.90. The first-order valence-corrected chi connectivity index (χ1v) is 11.1. The second-order valence-corrected chi connectivity index (χ2v) is 9.40. The number of fused-ring (bicyclic) bond motifs is 1. The van der Waals surface area contributed by atoms with Gasteiger partial charge in [0.1, 0.15) is 4.90 Å². The molecule has 1 amide bonds. The van der Waals surface area contributed by atoms with Crippen LogP contribution >= 0.6 is 12.4 Å². The maximum Gasteiger partial charge on any atom is 0.285 e. The summed E-state index contributed by atoms with van der Waals surface area (Å²) in [5, 5.41) is 3.22. The number of halogens is 1. The Hall–Kier alpha value is -1.64. The van der Waals surface area contributed by atoms with Gasteiger partial charge in [-0.3, -0.25) is 4.79 Å². The lowest BCUT2D eigenvalue weighted by Crippen LogP contribution is -2.54. The number of benzene rings is 1. The first kappa shape index (κ1) is 21.1. The Morgan fingerprint density at radius 3 is 2.50 bits per heavy atom. The number of likely N-dealkylation sites (tertiary alicyclic amines) is 1. The fraction of sp³-hybridized carbons (Fsp3) is 0.579. The predicted molar refractivity (Wildman–Crippen MR) is 110 cm³/mol. The first-order valence-electron chi connectivity index (χ1n) is 9.66. The number of nitrogens with zero attached hydrogens (tertiary/aromatic N) is 2. The third-order valence-corrected chi connectivity index (χ3v) is 7.44. The summed E-state index contributed by atoms with van der Waals surface area (Å²) < 4.78 is 28.5. The van der Waals surface area contributed by atoms with Gasteiger partial charge in [-0.05, 0) is 37.8 Å². The van der Waals surface area contributed by atoms with Gasteiger partial charge in [-0.1, -0.05) is 25.0 Å². The van der Waals surface area contributed by atoms with Gasteiger partial charge >= 0.3 is 0 Å². The van der Waals surface area contributed by atoms with Crippen LogP contribution < -0.4 is 11.1 Å². The van der Waals surface area contributed by atoms with Crippen molar-refractivity contribution in [2.45, 2.75) is 49.0 Å². The molecule has 0 radical (unpaired) electrons. The second-order valence-electron chi connectivity index (χ2n) is 7.83. The Morgan fingerprint density at radius 2 is 1.86 bits per heavy atom. The standard InChI is InChI=1S/C19H26N4O3S.ClH/c20-13-19(9-3-4-10-19)21-18(24)14-7-11-23(12-8-14)17-15-5-1-2-6-16(15)27(25,26)22-17;/h1-2,5-6,14H,3-4,7-13,20H2,(H,21,24);1H. The van der Waals surface area contributed by atoms with E-state index >= 15 is 0 Å². The zero-order chi connectivity index (χ0) is 19.1. The molecular formula is C19H27ClN4O3S. The summed E-state index contributed by atoms with van der Waals surface area (Å²) in [6, 6.07) is 6.92. The average Bonchev–Trinajstić information content (AvgIpc) is 3.25. The highest BCUT2D eigenvalue weighted by Crippen LogP contribution is 2.31. The Labute approximate surface area is 172 Å². The van der Waals surface area contributed by atoms with Crippen molar-refractivity contribution in [3.8, 4) is 0 Å². The molecule has 9 heteroatoms. The summed E-state index contributed by atoms with van der Waals surface area (Å²) >= 11 is 0. The highest BCUT2D eigenvalue weighted by atomic mass is 35.5. The van der Waals surface area contributed by atoms with Crippen molar-refractivity contribution in [3.63, 3.8) is 0 Å². The van der Waals surface area contributed by atoms with Crippen LogP contribution in [0.2, 0.25) is 0 Å². The zero-order valence-corrected chi connectivity index (χ0v) is 17.4. The van der Waals surface area contributed by atoms with E-state index in [0.717, 1.165) is 25.7 Å². The van der Waals surface area contributed by atoms with Crippen LogP contribution in [0.1, 0.15) is 44.1 Å². The lowest BCUT2D eigenvalue weighted by molar-refractivity contribution is -0.128. The molecule has 1 saturated carbocycles. The summed E-state index contributed by atoms with van der Waals surface area (Å²) in [7, 11) is -3.61. The monoisotopic (exact) mass is 426 g/mol. The molecule has 0 bridgehead atoms. The molecule has 0 aromatic heterocycles. The van der Waals surface area contributed by atoms with Crippen LogP contribution in [-0.2, 0) is 14.8 Å². The molecule has 3 N–H and O–H groups in total. The van der Waals surface area contributed by atoms with Gasteiger partial charge in [0.2, 0.25) is 5.91 Å². The normalized spacial score (nSPS) is 22.9. The van der Waals surface area contributed by atoms with Gasteiger partial charge in [0.25, 0.3) is 10.0 Å². The van der Waals surface area contributed by atoms with Crippen LogP contribution in [0.5, 0.6) is 0 Å². The Balaban J connectivity index is 0.00000225. The number of nitrogens with two attached hydrogens (primary N) is 1. The summed E-state index contributed by atoms with van der Waals surface area (Å²) in [6.07, 6.45) is 5.52. The van der Waals surface area contributed by atoms with E-state index in [0.29, 0.717) is 43.9 Å². The number of nitrogens with one attached hydrogen (secondary N) is 1. The fourth-order valence-corrected chi connectivity index (χ4v) is 5.69. The third-order valence-electron chi connectivity index (χ3n) is 6.12. The average molecular weight is 427 g/mol. The van der Waals surface area contributed by atoms with Gasteiger partial charge in [-0.2, -0.15) is 8.42 Å². The van der Waals surface area contributed by atoms with E-state index in [1.807, 2.05) is 11.0 Å². The molecule has 4 rings (SSSR count). The van der Waals surface area contributed by atoms with Crippen LogP contribution in [0.4, 0.5) is 0 Å². The molecule has 7 nitrogen and oxygen atoms in total. The molecule has 0 atom stereocenters. The van der Waals surface area contributed by atoms with Gasteiger partial charge in [0.15, 0.2) is 5.84 Å². The number of sulfonamides is 1. The number of piperidine rings is 1. The Kier molecular flexibility index (Phi) is 6.03. The van der Waals surface area contributed by atoms with Gasteiger partial charge in [-0.15, -0.1) is 16.8 Å². The Morgan fingerprint density at radius 1 is 1.21 bits per heavy atom. The van der Waals surface area contributed by atoms with E-state index < -0.39 is 10.0 Å². The maximum absolute atomic E-state index is 12.7. The molecule has 1 aromatic rings. The summed E-state index contributed by atoms with van der Waals surface area (Å²) in [5.74, 6) is 0.543. The van der Waals surface area contributed by atoms with E-state index in [4.69, 9.17) is 5.73 Å². The number of hydrogen-bond acceptors (Lipinski definition) is 5. The number of carbonyl (C=O) groups is 1. The van der Waals surface area contributed by atoms with Crippen LogP contribution in [0.3, 0.4) is 0 Å². The number of hydrogen-bond donors (Lipinski definition) is 2. The molecule has 2 aliphatic heterocycles. The van der Waals surface area contributed by atoms with E-state index in [1.54, 1.807) is 18.2 Å². The van der Waals surface area contributed by atoms with E-state index in [9.17, 15) is 13.2 Å². The van der Waals surface area contributed by atoms with Crippen molar-refractivity contribution >= 4 is 34.2 Å². The number of amides is 1. The second kappa shape index (κ2) is 8.00. The van der Waals surface area contributed by atoms with Gasteiger partial charge in [0, 0.05) is 31.1 Å². The minimum Gasteiger partial charge on any atom is -0.355 e. The minimum absolute atomic E-state index is 0. The lowest BCUT2D eigenvalue weighted by Gasteiger charge is -2.35. The van der Waals surface area contributed by atoms with E-state index in [1.165, 1.54) is 0 Å². The SMILES string of the molecule is Cl.NCC1(NC(=O)C2CCN(C3=NS(=O)(=O)c4ccccc43)CC2)CCCC1. The maximum atomic E-state index is 12.7. The molecule has 1 saturated heterocycles. The van der Waals surface area contributed by atoms with Crippen molar-refractivity contribution in [2.75, 3.05) is 19.6 Å². The lowest BCUT2D eigenvalue weighted by atomic mass is 9.92. The quantitative estimate of drug-likeness (QED) is 0.764. The molecule has 0 spiro atoms. The van der Waals surface area contributed by atoms with Gasteiger partial charge < -0.3 is 16.0 Å². The first-order chi connectivity index (χ1) is 12.9. The molecule has 0 unspecified atom stereocenters. The number of carbonyl (C=O) groups excluding carboxylic acids is 1. The van der Waals surface area contributed by atoms with Crippen LogP contribution in [0.15, 0.2) is 33.6 Å². The fourth-order valence-electron chi connectivity index (χ4n) is 4.47. The highest BCUT2D eigenvalue weighted by Gasteiger charge is 2.38. The molecule has 2 fully saturated rings. The third kappa shape index (κ3) is 3.77. The van der Waals surface area contributed by atoms with Gasteiger partial charge in [-0.25, -0.2) is 0 Å². The predicted octanol–water partition coefficient (Wildman–Crippen LogP) is 1.66. The molecular weight excluding hydrogens is 400 g/mol. The summed E-state index contributed by atoms with van der Waals surface area (Å²) in [6.45, 7) is 1.73. The molecule has 1 aromatic carbocycles. The van der Waals surface area contributed by atoms with Crippen LogP contribution in [-0.4, -0.2) is 50.2 Å². The zero-order valence-electron chi connectivity index (χ0n) is 15.8. The van der Waals surface area contributed by atoms with E-state index in [2.05, 4.69) is 9.71 Å². The molecule has 1 aliphatic carbocycles. The van der Waals surface area contributed by atoms with Crippen molar-refractivity contribution in [1.29, 1.82) is 0 Å². The molecule has 154 valence electrons. The molecule has 2 heterocycles. The molecule has 3 aliphatic rings. The largest absolute Gasteiger partial charge is 0.355 e. The summed E-state index contributed by atoms with van der Waals surface area (Å²) in [4.78, 5) is 15.0. The topological polar surface area (TPSA) is 105 Å². The Bertz CT molecular complexity index is 873. The van der Waals surface area contributed by atoms with E-state index in [-0.39, 0.29) is 34.7 Å². The minimum atomic E-state index is -3.61. The summed E-state index contributed by atoms with van der Waals surface area (Å²) in [5.41, 5.74) is 6.36. The van der Waals surface area contributed by atoms with Crippen molar-refractivity contribution < 1.29 is 13.2 Å².